The maximum Gasteiger partial charge on any atom is 0.405 e. The average molecular weight is 261 g/mol. The normalized spacial score (nSPS) is 13.1. The van der Waals surface area contributed by atoms with E-state index in [1.807, 2.05) is 6.07 Å². The molecule has 2 N–H and O–H groups in total. The molecule has 0 aromatic carbocycles. The molecule has 0 radical (unpaired) electrons. The van der Waals surface area contributed by atoms with Crippen LogP contribution in [0.2, 0.25) is 0 Å². The van der Waals surface area contributed by atoms with Gasteiger partial charge in [-0.3, -0.25) is 9.78 Å². The summed E-state index contributed by atoms with van der Waals surface area (Å²) in [6, 6.07) is 3.41. The molecule has 0 fully saturated rings. The number of aromatic nitrogens is 1. The minimum absolute atomic E-state index is 0.157. The molecule has 1 heterocycles. The van der Waals surface area contributed by atoms with Gasteiger partial charge in [-0.15, -0.1) is 0 Å². The molecule has 1 amide bonds. The molecule has 0 aliphatic heterocycles. The zero-order valence-electron chi connectivity index (χ0n) is 9.79. The standard InChI is InChI=1S/C11H14F3N3O/c1-8(9-3-2-4-15-5-9)16-6-10(18)17-7-11(12,13)14/h2-5,8,16H,6-7H2,1H3,(H,17,18). The highest BCUT2D eigenvalue weighted by Crippen LogP contribution is 2.12. The number of nitrogens with one attached hydrogen (secondary N) is 2. The highest BCUT2D eigenvalue weighted by atomic mass is 19.4. The fourth-order valence-corrected chi connectivity index (χ4v) is 1.26. The Kier molecular flexibility index (Phi) is 5.08. The number of halogens is 3. The number of hydrogen-bond donors (Lipinski definition) is 2. The van der Waals surface area contributed by atoms with E-state index < -0.39 is 18.6 Å². The smallest absolute Gasteiger partial charge is 0.346 e. The number of carbonyl (C=O) groups is 1. The van der Waals surface area contributed by atoms with E-state index in [1.54, 1.807) is 30.7 Å². The summed E-state index contributed by atoms with van der Waals surface area (Å²) in [5, 5.41) is 4.60. The van der Waals surface area contributed by atoms with E-state index in [2.05, 4.69) is 10.3 Å². The van der Waals surface area contributed by atoms with Gasteiger partial charge in [-0.1, -0.05) is 6.07 Å². The summed E-state index contributed by atoms with van der Waals surface area (Å²) in [5.74, 6) is -0.692. The van der Waals surface area contributed by atoms with Gasteiger partial charge in [0.2, 0.25) is 5.91 Å². The fourth-order valence-electron chi connectivity index (χ4n) is 1.26. The van der Waals surface area contributed by atoms with E-state index in [0.717, 1.165) is 5.56 Å². The number of amides is 1. The third-order valence-corrected chi connectivity index (χ3v) is 2.24. The Labute approximate surface area is 103 Å². The Morgan fingerprint density at radius 2 is 2.22 bits per heavy atom. The lowest BCUT2D eigenvalue weighted by Gasteiger charge is -2.14. The lowest BCUT2D eigenvalue weighted by molar-refractivity contribution is -0.137. The lowest BCUT2D eigenvalue weighted by atomic mass is 10.1. The van der Waals surface area contributed by atoms with Crippen LogP contribution >= 0.6 is 0 Å². The Morgan fingerprint density at radius 1 is 1.50 bits per heavy atom. The second kappa shape index (κ2) is 6.34. The highest BCUT2D eigenvalue weighted by molar-refractivity contribution is 5.78. The summed E-state index contributed by atoms with van der Waals surface area (Å²) in [6.07, 6.45) is -1.14. The summed E-state index contributed by atoms with van der Waals surface area (Å²) in [7, 11) is 0. The minimum Gasteiger partial charge on any atom is -0.346 e. The van der Waals surface area contributed by atoms with Gasteiger partial charge in [-0.2, -0.15) is 13.2 Å². The van der Waals surface area contributed by atoms with Gasteiger partial charge in [0.25, 0.3) is 0 Å². The Morgan fingerprint density at radius 3 is 2.78 bits per heavy atom. The third-order valence-electron chi connectivity index (χ3n) is 2.24. The van der Waals surface area contributed by atoms with Gasteiger partial charge in [0.05, 0.1) is 6.54 Å². The van der Waals surface area contributed by atoms with Crippen LogP contribution in [0, 0.1) is 0 Å². The van der Waals surface area contributed by atoms with Gasteiger partial charge in [0.1, 0.15) is 6.54 Å². The molecule has 4 nitrogen and oxygen atoms in total. The monoisotopic (exact) mass is 261 g/mol. The summed E-state index contributed by atoms with van der Waals surface area (Å²) < 4.78 is 35.5. The van der Waals surface area contributed by atoms with Crippen molar-refractivity contribution in [2.24, 2.45) is 0 Å². The van der Waals surface area contributed by atoms with Crippen molar-refractivity contribution in [2.75, 3.05) is 13.1 Å². The maximum absolute atomic E-state index is 11.8. The summed E-state index contributed by atoms with van der Waals surface area (Å²) in [5.41, 5.74) is 0.862. The van der Waals surface area contributed by atoms with Crippen molar-refractivity contribution in [2.45, 2.75) is 19.1 Å². The lowest BCUT2D eigenvalue weighted by Crippen LogP contribution is -2.39. The Hall–Kier alpha value is -1.63. The molecule has 7 heteroatoms. The van der Waals surface area contributed by atoms with E-state index in [9.17, 15) is 18.0 Å². The van der Waals surface area contributed by atoms with Crippen LogP contribution in [-0.4, -0.2) is 30.2 Å². The predicted octanol–water partition coefficient (Wildman–Crippen LogP) is 1.41. The van der Waals surface area contributed by atoms with Crippen LogP contribution in [0.3, 0.4) is 0 Å². The molecule has 1 unspecified atom stereocenters. The van der Waals surface area contributed by atoms with Gasteiger partial charge >= 0.3 is 6.18 Å². The van der Waals surface area contributed by atoms with Crippen molar-refractivity contribution < 1.29 is 18.0 Å². The molecule has 1 rings (SSSR count). The van der Waals surface area contributed by atoms with Crippen molar-refractivity contribution >= 4 is 5.91 Å². The maximum atomic E-state index is 11.8. The van der Waals surface area contributed by atoms with Crippen LogP contribution in [0.5, 0.6) is 0 Å². The molecule has 0 aliphatic rings. The molecule has 0 bridgehead atoms. The zero-order chi connectivity index (χ0) is 13.6. The van der Waals surface area contributed by atoms with Crippen LogP contribution < -0.4 is 10.6 Å². The van der Waals surface area contributed by atoms with Crippen molar-refractivity contribution in [3.63, 3.8) is 0 Å². The van der Waals surface area contributed by atoms with E-state index >= 15 is 0 Å². The van der Waals surface area contributed by atoms with Gasteiger partial charge < -0.3 is 10.6 Å². The molecule has 0 saturated carbocycles. The molecule has 100 valence electrons. The average Bonchev–Trinajstić information content (AvgIpc) is 2.33. The zero-order valence-corrected chi connectivity index (χ0v) is 9.79. The van der Waals surface area contributed by atoms with Crippen molar-refractivity contribution in [1.29, 1.82) is 0 Å². The number of alkyl halides is 3. The molecular weight excluding hydrogens is 247 g/mol. The minimum atomic E-state index is -4.38. The third kappa shape index (κ3) is 5.62. The molecular formula is C11H14F3N3O. The van der Waals surface area contributed by atoms with Crippen LogP contribution in [0.4, 0.5) is 13.2 Å². The molecule has 0 spiro atoms. The fraction of sp³-hybridized carbons (Fsp3) is 0.455. The van der Waals surface area contributed by atoms with Crippen molar-refractivity contribution in [3.05, 3.63) is 30.1 Å². The summed E-state index contributed by atoms with van der Waals surface area (Å²) in [4.78, 5) is 15.0. The highest BCUT2D eigenvalue weighted by Gasteiger charge is 2.27. The molecule has 18 heavy (non-hydrogen) atoms. The van der Waals surface area contributed by atoms with E-state index in [-0.39, 0.29) is 12.6 Å². The van der Waals surface area contributed by atoms with Gasteiger partial charge in [-0.05, 0) is 18.6 Å². The Balaban J connectivity index is 2.31. The van der Waals surface area contributed by atoms with E-state index in [4.69, 9.17) is 0 Å². The molecule has 0 aliphatic carbocycles. The van der Waals surface area contributed by atoms with Gasteiger partial charge in [-0.25, -0.2) is 0 Å². The first-order valence-electron chi connectivity index (χ1n) is 5.35. The first-order valence-corrected chi connectivity index (χ1v) is 5.35. The topological polar surface area (TPSA) is 54.0 Å². The molecule has 1 aromatic rings. The van der Waals surface area contributed by atoms with E-state index in [1.165, 1.54) is 0 Å². The largest absolute Gasteiger partial charge is 0.405 e. The second-order valence-corrected chi connectivity index (χ2v) is 3.78. The molecule has 0 saturated heterocycles. The van der Waals surface area contributed by atoms with Crippen LogP contribution in [0.15, 0.2) is 24.5 Å². The number of carbonyl (C=O) groups excluding carboxylic acids is 1. The number of rotatable bonds is 5. The number of pyridine rings is 1. The predicted molar refractivity (Wildman–Crippen MR) is 59.7 cm³/mol. The van der Waals surface area contributed by atoms with Gasteiger partial charge in [0, 0.05) is 18.4 Å². The Bertz CT molecular complexity index is 381. The summed E-state index contributed by atoms with van der Waals surface area (Å²) >= 11 is 0. The van der Waals surface area contributed by atoms with Crippen molar-refractivity contribution in [1.82, 2.24) is 15.6 Å². The SMILES string of the molecule is CC(NCC(=O)NCC(F)(F)F)c1cccnc1. The van der Waals surface area contributed by atoms with Gasteiger partial charge in [0.15, 0.2) is 0 Å². The number of hydrogen-bond acceptors (Lipinski definition) is 3. The first kappa shape index (κ1) is 14.4. The van der Waals surface area contributed by atoms with Crippen LogP contribution in [-0.2, 0) is 4.79 Å². The van der Waals surface area contributed by atoms with Crippen LogP contribution in [0.1, 0.15) is 18.5 Å². The second-order valence-electron chi connectivity index (χ2n) is 3.78. The quantitative estimate of drug-likeness (QED) is 0.842. The van der Waals surface area contributed by atoms with E-state index in [0.29, 0.717) is 0 Å². The number of nitrogens with zero attached hydrogens (tertiary/aromatic N) is 1. The van der Waals surface area contributed by atoms with Crippen LogP contribution in [0.25, 0.3) is 0 Å². The molecule has 1 aromatic heterocycles. The first-order chi connectivity index (χ1) is 8.38. The van der Waals surface area contributed by atoms with Crippen molar-refractivity contribution in [3.8, 4) is 0 Å². The molecule has 1 atom stereocenters. The summed E-state index contributed by atoms with van der Waals surface area (Å²) in [6.45, 7) is 0.314.